The summed E-state index contributed by atoms with van der Waals surface area (Å²) < 4.78 is 11.1. The van der Waals surface area contributed by atoms with E-state index in [0.717, 1.165) is 11.1 Å². The molecule has 2 aromatic carbocycles. The number of rotatable bonds is 7. The van der Waals surface area contributed by atoms with Gasteiger partial charge in [0, 0.05) is 5.70 Å². The molecule has 152 valence electrons. The first kappa shape index (κ1) is 20.5. The van der Waals surface area contributed by atoms with Crippen molar-refractivity contribution in [2.45, 2.75) is 33.4 Å². The second-order valence-electron chi connectivity index (χ2n) is 7.08. The van der Waals surface area contributed by atoms with Crippen LogP contribution in [0.3, 0.4) is 0 Å². The number of hydrogen-bond acceptors (Lipinski definition) is 4. The van der Waals surface area contributed by atoms with Crippen LogP contribution in [0.15, 0.2) is 65.9 Å². The average Bonchev–Trinajstić information content (AvgIpc) is 2.73. The van der Waals surface area contributed by atoms with E-state index in [1.165, 1.54) is 0 Å². The number of nitrogens with one attached hydrogen (secondary N) is 2. The predicted molar refractivity (Wildman–Crippen MR) is 110 cm³/mol. The van der Waals surface area contributed by atoms with Gasteiger partial charge < -0.3 is 20.1 Å². The molecule has 2 aromatic rings. The second-order valence-corrected chi connectivity index (χ2v) is 7.08. The highest BCUT2D eigenvalue weighted by Crippen LogP contribution is 2.31. The maximum absolute atomic E-state index is 12.6. The molecule has 0 radical (unpaired) electrons. The number of ether oxygens (including phenoxy) is 2. The van der Waals surface area contributed by atoms with Crippen LogP contribution in [0.5, 0.6) is 5.75 Å². The van der Waals surface area contributed by atoms with Gasteiger partial charge in [0.05, 0.1) is 18.2 Å². The van der Waals surface area contributed by atoms with E-state index in [9.17, 15) is 9.59 Å². The molecule has 0 spiro atoms. The van der Waals surface area contributed by atoms with Gasteiger partial charge in [0.2, 0.25) is 0 Å². The van der Waals surface area contributed by atoms with E-state index >= 15 is 0 Å². The first-order chi connectivity index (χ1) is 14.0. The third kappa shape index (κ3) is 4.96. The van der Waals surface area contributed by atoms with Crippen molar-refractivity contribution in [2.24, 2.45) is 5.92 Å². The molecule has 2 amide bonds. The highest BCUT2D eigenvalue weighted by molar-refractivity contribution is 5.95. The number of carbonyl (C=O) groups excluding carboxylic acids is 2. The lowest BCUT2D eigenvalue weighted by molar-refractivity contribution is -0.139. The molecule has 0 aliphatic carbocycles. The van der Waals surface area contributed by atoms with Gasteiger partial charge in [0.15, 0.2) is 0 Å². The summed E-state index contributed by atoms with van der Waals surface area (Å²) in [7, 11) is 0. The van der Waals surface area contributed by atoms with Gasteiger partial charge >= 0.3 is 12.0 Å². The molecule has 2 N–H and O–H groups in total. The Kier molecular flexibility index (Phi) is 6.54. The molecule has 0 aromatic heterocycles. The summed E-state index contributed by atoms with van der Waals surface area (Å²) in [4.78, 5) is 24.8. The molecule has 0 saturated carbocycles. The number of carbonyl (C=O) groups is 2. The lowest BCUT2D eigenvalue weighted by Crippen LogP contribution is -2.47. The summed E-state index contributed by atoms with van der Waals surface area (Å²) in [5, 5.41) is 5.59. The Morgan fingerprint density at radius 1 is 1.07 bits per heavy atom. The number of esters is 1. The Balaban J connectivity index is 1.83. The number of allylic oxidation sites excluding steroid dienone is 1. The molecule has 0 saturated heterocycles. The van der Waals surface area contributed by atoms with E-state index in [1.807, 2.05) is 68.4 Å². The molecule has 0 bridgehead atoms. The van der Waals surface area contributed by atoms with Crippen molar-refractivity contribution in [3.8, 4) is 5.75 Å². The van der Waals surface area contributed by atoms with Gasteiger partial charge in [-0.2, -0.15) is 0 Å². The standard InChI is InChI=1S/C23H26N2O4/c1-4-28-22(26)19-20(15(2)3)24-23(27)25-21(19)17-10-12-18(13-11-17)29-14-16-8-6-5-7-9-16/h5-13,15,21H,4,14H2,1-3H3,(H2,24,25,27). The lowest BCUT2D eigenvalue weighted by Gasteiger charge is -2.31. The Morgan fingerprint density at radius 2 is 1.76 bits per heavy atom. The minimum absolute atomic E-state index is 0.0311. The zero-order valence-electron chi connectivity index (χ0n) is 16.9. The topological polar surface area (TPSA) is 76.7 Å². The summed E-state index contributed by atoms with van der Waals surface area (Å²) in [6.07, 6.45) is 0. The van der Waals surface area contributed by atoms with Crippen LogP contribution in [-0.2, 0) is 16.1 Å². The molecule has 3 rings (SSSR count). The van der Waals surface area contributed by atoms with Gasteiger partial charge in [0.25, 0.3) is 0 Å². The molecule has 1 heterocycles. The van der Waals surface area contributed by atoms with Crippen LogP contribution in [0.2, 0.25) is 0 Å². The predicted octanol–water partition coefficient (Wildman–Crippen LogP) is 4.09. The first-order valence-electron chi connectivity index (χ1n) is 9.75. The average molecular weight is 394 g/mol. The van der Waals surface area contributed by atoms with Crippen LogP contribution in [-0.4, -0.2) is 18.6 Å². The highest BCUT2D eigenvalue weighted by atomic mass is 16.5. The van der Waals surface area contributed by atoms with Crippen LogP contribution in [0.1, 0.15) is 37.9 Å². The van der Waals surface area contributed by atoms with E-state index in [-0.39, 0.29) is 18.6 Å². The fourth-order valence-corrected chi connectivity index (χ4v) is 3.22. The maximum atomic E-state index is 12.6. The highest BCUT2D eigenvalue weighted by Gasteiger charge is 2.34. The smallest absolute Gasteiger partial charge is 0.338 e. The van der Waals surface area contributed by atoms with Gasteiger partial charge in [-0.15, -0.1) is 0 Å². The van der Waals surface area contributed by atoms with Crippen LogP contribution in [0.4, 0.5) is 4.79 Å². The number of amides is 2. The molecular weight excluding hydrogens is 368 g/mol. The first-order valence-corrected chi connectivity index (χ1v) is 9.75. The van der Waals surface area contributed by atoms with Crippen molar-refractivity contribution in [1.29, 1.82) is 0 Å². The van der Waals surface area contributed by atoms with Gasteiger partial charge in [-0.25, -0.2) is 9.59 Å². The minimum atomic E-state index is -0.580. The quantitative estimate of drug-likeness (QED) is 0.694. The minimum Gasteiger partial charge on any atom is -0.489 e. The summed E-state index contributed by atoms with van der Waals surface area (Å²) in [5.41, 5.74) is 2.88. The van der Waals surface area contributed by atoms with Crippen molar-refractivity contribution < 1.29 is 19.1 Å². The summed E-state index contributed by atoms with van der Waals surface area (Å²) in [5.74, 6) is 0.248. The third-order valence-electron chi connectivity index (χ3n) is 4.64. The molecule has 6 nitrogen and oxygen atoms in total. The zero-order chi connectivity index (χ0) is 20.8. The number of urea groups is 1. The van der Waals surface area contributed by atoms with E-state index in [0.29, 0.717) is 23.6 Å². The van der Waals surface area contributed by atoms with Crippen LogP contribution >= 0.6 is 0 Å². The van der Waals surface area contributed by atoms with Crippen molar-refractivity contribution >= 4 is 12.0 Å². The van der Waals surface area contributed by atoms with Crippen LogP contribution in [0.25, 0.3) is 0 Å². The molecular formula is C23H26N2O4. The molecule has 1 aliphatic heterocycles. The maximum Gasteiger partial charge on any atom is 0.338 e. The van der Waals surface area contributed by atoms with Gasteiger partial charge in [0.1, 0.15) is 12.4 Å². The zero-order valence-corrected chi connectivity index (χ0v) is 16.9. The summed E-state index contributed by atoms with van der Waals surface area (Å²) >= 11 is 0. The van der Waals surface area contributed by atoms with Crippen molar-refractivity contribution in [1.82, 2.24) is 10.6 Å². The second kappa shape index (κ2) is 9.28. The van der Waals surface area contributed by atoms with Gasteiger partial charge in [-0.1, -0.05) is 56.3 Å². The molecule has 1 atom stereocenters. The van der Waals surface area contributed by atoms with Gasteiger partial charge in [-0.05, 0) is 36.1 Å². The van der Waals surface area contributed by atoms with E-state index in [1.54, 1.807) is 6.92 Å². The van der Waals surface area contributed by atoms with E-state index in [4.69, 9.17) is 9.47 Å². The number of benzene rings is 2. The monoisotopic (exact) mass is 394 g/mol. The Labute approximate surface area is 170 Å². The molecule has 6 heteroatoms. The van der Waals surface area contributed by atoms with Crippen LogP contribution in [0, 0.1) is 5.92 Å². The number of hydrogen-bond donors (Lipinski definition) is 2. The molecule has 0 fully saturated rings. The van der Waals surface area contributed by atoms with Crippen molar-refractivity contribution in [3.05, 3.63) is 77.0 Å². The summed E-state index contributed by atoms with van der Waals surface area (Å²) in [6, 6.07) is 16.4. The Hall–Kier alpha value is -3.28. The Morgan fingerprint density at radius 3 is 2.38 bits per heavy atom. The molecule has 1 aliphatic rings. The largest absolute Gasteiger partial charge is 0.489 e. The fraction of sp³-hybridized carbons (Fsp3) is 0.304. The van der Waals surface area contributed by atoms with Crippen molar-refractivity contribution in [2.75, 3.05) is 6.61 Å². The Bertz CT molecular complexity index is 889. The third-order valence-corrected chi connectivity index (χ3v) is 4.64. The van der Waals surface area contributed by atoms with Gasteiger partial charge in [-0.3, -0.25) is 0 Å². The van der Waals surface area contributed by atoms with Crippen LogP contribution < -0.4 is 15.4 Å². The summed E-state index contributed by atoms with van der Waals surface area (Å²) in [6.45, 7) is 6.35. The normalized spacial score (nSPS) is 16.3. The molecule has 29 heavy (non-hydrogen) atoms. The van der Waals surface area contributed by atoms with Crippen molar-refractivity contribution in [3.63, 3.8) is 0 Å². The van der Waals surface area contributed by atoms with E-state index < -0.39 is 12.0 Å². The molecule has 1 unspecified atom stereocenters. The van der Waals surface area contributed by atoms with E-state index in [2.05, 4.69) is 10.6 Å². The fourth-order valence-electron chi connectivity index (χ4n) is 3.22. The lowest BCUT2D eigenvalue weighted by atomic mass is 9.91. The SMILES string of the molecule is CCOC(=O)C1=C(C(C)C)NC(=O)NC1c1ccc(OCc2ccccc2)cc1.